The third-order valence-corrected chi connectivity index (χ3v) is 5.32. The maximum atomic E-state index is 10.5. The van der Waals surface area contributed by atoms with Crippen LogP contribution < -0.4 is 14.4 Å². The molecule has 140 valence electrons. The Morgan fingerprint density at radius 3 is 2.65 bits per heavy atom. The van der Waals surface area contributed by atoms with Gasteiger partial charge in [-0.2, -0.15) is 15.1 Å². The van der Waals surface area contributed by atoms with Crippen molar-refractivity contribution in [2.75, 3.05) is 25.7 Å². The molecule has 0 amide bonds. The molecule has 0 radical (unpaired) electrons. The summed E-state index contributed by atoms with van der Waals surface area (Å²) in [6.45, 7) is 2.36. The molecule has 0 bridgehead atoms. The normalized spacial score (nSPS) is 18.7. The Balaban J connectivity index is 1.58. The van der Waals surface area contributed by atoms with Gasteiger partial charge in [0.05, 0.1) is 32.2 Å². The number of anilines is 1. The number of ether oxygens (including phenoxy) is 2. The number of fused-ring (bicyclic) bond motifs is 1. The summed E-state index contributed by atoms with van der Waals surface area (Å²) in [5, 5.41) is 15.2. The SMILES string of the molecule is COc1cc(N2CCCn3nc([C@@H](O)C4CCC4)cc3C2)nc(OC)n1. The number of rotatable bonds is 5. The molecule has 4 rings (SSSR count). The van der Waals surface area contributed by atoms with E-state index in [9.17, 15) is 5.11 Å². The van der Waals surface area contributed by atoms with Crippen molar-refractivity contribution < 1.29 is 14.6 Å². The van der Waals surface area contributed by atoms with Crippen LogP contribution in [0.15, 0.2) is 12.1 Å². The number of aliphatic hydroxyl groups is 1. The van der Waals surface area contributed by atoms with E-state index < -0.39 is 6.10 Å². The van der Waals surface area contributed by atoms with Gasteiger partial charge < -0.3 is 19.5 Å². The number of aromatic nitrogens is 4. The van der Waals surface area contributed by atoms with Gasteiger partial charge in [0.25, 0.3) is 0 Å². The molecular weight excluding hydrogens is 334 g/mol. The van der Waals surface area contributed by atoms with Gasteiger partial charge in [-0.3, -0.25) is 4.68 Å². The quantitative estimate of drug-likeness (QED) is 0.873. The fraction of sp³-hybridized carbons (Fsp3) is 0.611. The number of aliphatic hydroxyl groups excluding tert-OH is 1. The second-order valence-electron chi connectivity index (χ2n) is 6.95. The molecule has 2 aromatic heterocycles. The molecule has 2 aliphatic rings. The number of methoxy groups -OCH3 is 2. The van der Waals surface area contributed by atoms with Crippen LogP contribution in [-0.2, 0) is 13.1 Å². The van der Waals surface area contributed by atoms with E-state index in [1.807, 2.05) is 16.8 Å². The van der Waals surface area contributed by atoms with Gasteiger partial charge in [0.15, 0.2) is 0 Å². The molecule has 3 heterocycles. The summed E-state index contributed by atoms with van der Waals surface area (Å²) in [5.41, 5.74) is 1.89. The Morgan fingerprint density at radius 2 is 1.96 bits per heavy atom. The van der Waals surface area contributed by atoms with Crippen LogP contribution in [0.2, 0.25) is 0 Å². The summed E-state index contributed by atoms with van der Waals surface area (Å²) >= 11 is 0. The van der Waals surface area contributed by atoms with Crippen LogP contribution in [0.4, 0.5) is 5.82 Å². The van der Waals surface area contributed by atoms with Crippen molar-refractivity contribution in [3.8, 4) is 11.9 Å². The van der Waals surface area contributed by atoms with Gasteiger partial charge in [0, 0.05) is 19.2 Å². The third-order valence-electron chi connectivity index (χ3n) is 5.32. The zero-order valence-corrected chi connectivity index (χ0v) is 15.3. The molecule has 1 atom stereocenters. The van der Waals surface area contributed by atoms with Crippen molar-refractivity contribution in [2.24, 2.45) is 5.92 Å². The first-order chi connectivity index (χ1) is 12.7. The molecule has 0 saturated heterocycles. The lowest BCUT2D eigenvalue weighted by Crippen LogP contribution is -2.24. The van der Waals surface area contributed by atoms with E-state index in [0.29, 0.717) is 18.3 Å². The smallest absolute Gasteiger partial charge is 0.321 e. The number of hydrogen-bond acceptors (Lipinski definition) is 7. The van der Waals surface area contributed by atoms with Gasteiger partial charge in [-0.1, -0.05) is 6.42 Å². The van der Waals surface area contributed by atoms with Gasteiger partial charge in [0.1, 0.15) is 11.9 Å². The van der Waals surface area contributed by atoms with Crippen molar-refractivity contribution >= 4 is 5.82 Å². The second kappa shape index (κ2) is 7.11. The summed E-state index contributed by atoms with van der Waals surface area (Å²) in [5.74, 6) is 1.61. The zero-order valence-electron chi connectivity index (χ0n) is 15.3. The molecule has 0 spiro atoms. The van der Waals surface area contributed by atoms with Crippen molar-refractivity contribution in [2.45, 2.75) is 44.9 Å². The molecule has 8 heteroatoms. The van der Waals surface area contributed by atoms with Crippen molar-refractivity contribution in [1.82, 2.24) is 19.7 Å². The lowest BCUT2D eigenvalue weighted by Gasteiger charge is -2.29. The predicted octanol–water partition coefficient (Wildman–Crippen LogP) is 1.93. The van der Waals surface area contributed by atoms with Gasteiger partial charge in [0.2, 0.25) is 5.88 Å². The van der Waals surface area contributed by atoms with E-state index in [1.54, 1.807) is 14.2 Å². The minimum Gasteiger partial charge on any atom is -0.481 e. The molecule has 1 fully saturated rings. The van der Waals surface area contributed by atoms with Gasteiger partial charge in [-0.15, -0.1) is 0 Å². The Morgan fingerprint density at radius 1 is 1.12 bits per heavy atom. The molecule has 1 N–H and O–H groups in total. The van der Waals surface area contributed by atoms with Crippen LogP contribution >= 0.6 is 0 Å². The zero-order chi connectivity index (χ0) is 18.1. The predicted molar refractivity (Wildman–Crippen MR) is 95.3 cm³/mol. The highest BCUT2D eigenvalue weighted by atomic mass is 16.5. The molecule has 8 nitrogen and oxygen atoms in total. The molecule has 2 aromatic rings. The molecule has 26 heavy (non-hydrogen) atoms. The first kappa shape index (κ1) is 17.1. The van der Waals surface area contributed by atoms with Crippen LogP contribution in [0.5, 0.6) is 11.9 Å². The monoisotopic (exact) mass is 359 g/mol. The topological polar surface area (TPSA) is 85.5 Å². The Kier molecular flexibility index (Phi) is 4.67. The molecule has 1 aliphatic carbocycles. The van der Waals surface area contributed by atoms with Crippen molar-refractivity contribution in [1.29, 1.82) is 0 Å². The average Bonchev–Trinajstić information content (AvgIpc) is 2.91. The van der Waals surface area contributed by atoms with Crippen molar-refractivity contribution in [3.63, 3.8) is 0 Å². The maximum absolute atomic E-state index is 10.5. The lowest BCUT2D eigenvalue weighted by molar-refractivity contribution is 0.0581. The van der Waals surface area contributed by atoms with E-state index in [1.165, 1.54) is 6.42 Å². The second-order valence-corrected chi connectivity index (χ2v) is 6.95. The van der Waals surface area contributed by atoms with Gasteiger partial charge >= 0.3 is 6.01 Å². The van der Waals surface area contributed by atoms with Crippen LogP contribution in [0.25, 0.3) is 0 Å². The fourth-order valence-corrected chi connectivity index (χ4v) is 3.57. The third kappa shape index (κ3) is 3.21. The van der Waals surface area contributed by atoms with Crippen LogP contribution in [0.1, 0.15) is 43.2 Å². The lowest BCUT2D eigenvalue weighted by atomic mass is 9.80. The van der Waals surface area contributed by atoms with E-state index in [4.69, 9.17) is 9.47 Å². The van der Waals surface area contributed by atoms with E-state index >= 15 is 0 Å². The van der Waals surface area contributed by atoms with Gasteiger partial charge in [-0.05, 0) is 31.2 Å². The highest BCUT2D eigenvalue weighted by Gasteiger charge is 2.30. The minimum atomic E-state index is -0.448. The first-order valence-electron chi connectivity index (χ1n) is 9.14. The van der Waals surface area contributed by atoms with Gasteiger partial charge in [-0.25, -0.2) is 0 Å². The summed E-state index contributed by atoms with van der Waals surface area (Å²) in [6.07, 6.45) is 3.89. The summed E-state index contributed by atoms with van der Waals surface area (Å²) in [4.78, 5) is 10.8. The molecule has 1 saturated carbocycles. The Labute approximate surface area is 152 Å². The van der Waals surface area contributed by atoms with E-state index in [0.717, 1.165) is 49.6 Å². The molecular formula is C18H25N5O3. The average molecular weight is 359 g/mol. The van der Waals surface area contributed by atoms with Crippen LogP contribution in [0, 0.1) is 5.92 Å². The van der Waals surface area contributed by atoms with Crippen LogP contribution in [-0.4, -0.2) is 45.6 Å². The maximum Gasteiger partial charge on any atom is 0.321 e. The summed E-state index contributed by atoms with van der Waals surface area (Å²) in [7, 11) is 3.13. The molecule has 1 aliphatic heterocycles. The molecule has 0 aromatic carbocycles. The van der Waals surface area contributed by atoms with Crippen LogP contribution in [0.3, 0.4) is 0 Å². The first-order valence-corrected chi connectivity index (χ1v) is 9.14. The largest absolute Gasteiger partial charge is 0.481 e. The summed E-state index contributed by atoms with van der Waals surface area (Å²) in [6, 6.07) is 4.15. The summed E-state index contributed by atoms with van der Waals surface area (Å²) < 4.78 is 12.5. The highest BCUT2D eigenvalue weighted by molar-refractivity contribution is 5.43. The Hall–Kier alpha value is -2.35. The number of hydrogen-bond donors (Lipinski definition) is 1. The fourth-order valence-electron chi connectivity index (χ4n) is 3.57. The Bertz CT molecular complexity index is 752. The van der Waals surface area contributed by atoms with E-state index in [-0.39, 0.29) is 6.01 Å². The van der Waals surface area contributed by atoms with Crippen molar-refractivity contribution in [3.05, 3.63) is 23.5 Å². The highest BCUT2D eigenvalue weighted by Crippen LogP contribution is 2.37. The standard InChI is InChI=1S/C18H25N5O3/c1-25-16-10-15(19-18(20-16)26-2)22-7-4-8-23-13(11-22)9-14(21-23)17(24)12-5-3-6-12/h9-10,12,17,24H,3-8,11H2,1-2H3/t17-/m0/s1. The number of aryl methyl sites for hydroxylation is 1. The molecule has 0 unspecified atom stereocenters. The number of nitrogens with zero attached hydrogens (tertiary/aromatic N) is 5. The minimum absolute atomic E-state index is 0.290. The van der Waals surface area contributed by atoms with E-state index in [2.05, 4.69) is 20.0 Å².